The first kappa shape index (κ1) is 19.5. The van der Waals surface area contributed by atoms with Crippen LogP contribution >= 0.6 is 0 Å². The van der Waals surface area contributed by atoms with E-state index in [-0.39, 0.29) is 24.3 Å². The molecule has 2 rings (SSSR count). The minimum Gasteiger partial charge on any atom is -0.353 e. The lowest BCUT2D eigenvalue weighted by atomic mass is 9.88. The van der Waals surface area contributed by atoms with Crippen LogP contribution in [0.15, 0.2) is 30.3 Å². The number of nitrogens with one attached hydrogen (secondary N) is 2. The Bertz CT molecular complexity index is 563. The molecule has 4 nitrogen and oxygen atoms in total. The quantitative estimate of drug-likeness (QED) is 0.782. The second kappa shape index (κ2) is 9.02. The van der Waals surface area contributed by atoms with Crippen LogP contribution in [0.4, 0.5) is 0 Å². The van der Waals surface area contributed by atoms with Gasteiger partial charge in [0.05, 0.1) is 12.5 Å². The zero-order chi connectivity index (χ0) is 18.3. The molecule has 0 spiro atoms. The van der Waals surface area contributed by atoms with E-state index >= 15 is 0 Å². The standard InChI is InChI=1S/C21H32N2O2/c1-4-21(2,3)20(25)23-18(16-11-7-5-8-12-16)15-19(24)22-17-13-9-6-10-14-17/h5,7-8,11-12,17-18H,4,6,9-10,13-15H2,1-3H3,(H,22,24)(H,23,25). The van der Waals surface area contributed by atoms with Crippen LogP contribution in [0.5, 0.6) is 0 Å². The maximum atomic E-state index is 12.6. The van der Waals surface area contributed by atoms with Crippen LogP contribution in [0, 0.1) is 5.41 Å². The van der Waals surface area contributed by atoms with Gasteiger partial charge in [-0.1, -0.05) is 70.4 Å². The van der Waals surface area contributed by atoms with Crippen molar-refractivity contribution >= 4 is 11.8 Å². The number of hydrogen-bond acceptors (Lipinski definition) is 2. The first-order chi connectivity index (χ1) is 11.9. The van der Waals surface area contributed by atoms with Crippen LogP contribution < -0.4 is 10.6 Å². The van der Waals surface area contributed by atoms with Crippen molar-refractivity contribution in [1.82, 2.24) is 10.6 Å². The monoisotopic (exact) mass is 344 g/mol. The summed E-state index contributed by atoms with van der Waals surface area (Å²) in [4.78, 5) is 25.1. The number of hydrogen-bond donors (Lipinski definition) is 2. The smallest absolute Gasteiger partial charge is 0.226 e. The summed E-state index contributed by atoms with van der Waals surface area (Å²) in [7, 11) is 0. The van der Waals surface area contributed by atoms with E-state index < -0.39 is 5.41 Å². The Balaban J connectivity index is 2.04. The van der Waals surface area contributed by atoms with Gasteiger partial charge in [0.1, 0.15) is 0 Å². The van der Waals surface area contributed by atoms with Gasteiger partial charge in [-0.25, -0.2) is 0 Å². The molecule has 2 amide bonds. The van der Waals surface area contributed by atoms with Gasteiger partial charge in [-0.15, -0.1) is 0 Å². The zero-order valence-electron chi connectivity index (χ0n) is 15.8. The molecular weight excluding hydrogens is 312 g/mol. The van der Waals surface area contributed by atoms with Gasteiger partial charge >= 0.3 is 0 Å². The Morgan fingerprint density at radius 3 is 2.36 bits per heavy atom. The molecule has 1 aromatic rings. The molecule has 0 aromatic heterocycles. The van der Waals surface area contributed by atoms with Crippen molar-refractivity contribution in [3.63, 3.8) is 0 Å². The normalized spacial score (nSPS) is 16.9. The lowest BCUT2D eigenvalue weighted by molar-refractivity contribution is -0.130. The molecule has 0 saturated heterocycles. The highest BCUT2D eigenvalue weighted by molar-refractivity contribution is 5.83. The zero-order valence-corrected chi connectivity index (χ0v) is 15.8. The summed E-state index contributed by atoms with van der Waals surface area (Å²) in [6.45, 7) is 5.88. The van der Waals surface area contributed by atoms with Crippen LogP contribution in [0.1, 0.15) is 77.3 Å². The van der Waals surface area contributed by atoms with E-state index in [1.54, 1.807) is 0 Å². The molecule has 1 aromatic carbocycles. The molecule has 2 N–H and O–H groups in total. The van der Waals surface area contributed by atoms with E-state index in [0.29, 0.717) is 6.04 Å². The lowest BCUT2D eigenvalue weighted by Gasteiger charge is -2.28. The van der Waals surface area contributed by atoms with Gasteiger partial charge < -0.3 is 10.6 Å². The van der Waals surface area contributed by atoms with E-state index in [2.05, 4.69) is 10.6 Å². The maximum absolute atomic E-state index is 12.6. The van der Waals surface area contributed by atoms with E-state index in [1.165, 1.54) is 19.3 Å². The van der Waals surface area contributed by atoms with E-state index in [4.69, 9.17) is 0 Å². The Labute approximate surface area is 151 Å². The average molecular weight is 344 g/mol. The van der Waals surface area contributed by atoms with Crippen molar-refractivity contribution in [3.05, 3.63) is 35.9 Å². The number of carbonyl (C=O) groups is 2. The van der Waals surface area contributed by atoms with Crippen LogP contribution in [-0.4, -0.2) is 17.9 Å². The Hall–Kier alpha value is -1.84. The molecule has 0 radical (unpaired) electrons. The molecule has 1 fully saturated rings. The lowest BCUT2D eigenvalue weighted by Crippen LogP contribution is -2.42. The molecule has 1 atom stereocenters. The van der Waals surface area contributed by atoms with Gasteiger partial charge in [-0.3, -0.25) is 9.59 Å². The summed E-state index contributed by atoms with van der Waals surface area (Å²) in [5, 5.41) is 6.25. The molecule has 138 valence electrons. The molecule has 0 aliphatic heterocycles. The average Bonchev–Trinajstić information content (AvgIpc) is 2.62. The second-order valence-electron chi connectivity index (χ2n) is 7.78. The number of carbonyl (C=O) groups excluding carboxylic acids is 2. The summed E-state index contributed by atoms with van der Waals surface area (Å²) >= 11 is 0. The maximum Gasteiger partial charge on any atom is 0.226 e. The van der Waals surface area contributed by atoms with Crippen LogP contribution in [0.3, 0.4) is 0 Å². The van der Waals surface area contributed by atoms with Crippen LogP contribution in [-0.2, 0) is 9.59 Å². The van der Waals surface area contributed by atoms with Gasteiger partial charge in [0.25, 0.3) is 0 Å². The third kappa shape index (κ3) is 5.87. The predicted octanol–water partition coefficient (Wildman–Crippen LogP) is 4.12. The van der Waals surface area contributed by atoms with Crippen LogP contribution in [0.2, 0.25) is 0 Å². The number of rotatable bonds is 7. The summed E-state index contributed by atoms with van der Waals surface area (Å²) in [5.74, 6) is 0.0182. The fourth-order valence-electron chi connectivity index (χ4n) is 3.17. The Morgan fingerprint density at radius 1 is 1.12 bits per heavy atom. The van der Waals surface area contributed by atoms with Crippen molar-refractivity contribution in [2.45, 2.75) is 77.8 Å². The topological polar surface area (TPSA) is 58.2 Å². The molecule has 1 aliphatic rings. The highest BCUT2D eigenvalue weighted by atomic mass is 16.2. The largest absolute Gasteiger partial charge is 0.353 e. The summed E-state index contributed by atoms with van der Waals surface area (Å²) in [5.41, 5.74) is 0.536. The minimum atomic E-state index is -0.438. The molecule has 1 saturated carbocycles. The third-order valence-corrected chi connectivity index (χ3v) is 5.37. The molecular formula is C21H32N2O2. The number of amides is 2. The highest BCUT2D eigenvalue weighted by Crippen LogP contribution is 2.24. The predicted molar refractivity (Wildman–Crippen MR) is 101 cm³/mol. The van der Waals surface area contributed by atoms with E-state index in [1.807, 2.05) is 51.1 Å². The van der Waals surface area contributed by atoms with Crippen molar-refractivity contribution in [1.29, 1.82) is 0 Å². The summed E-state index contributed by atoms with van der Waals surface area (Å²) in [6.07, 6.45) is 6.82. The highest BCUT2D eigenvalue weighted by Gasteiger charge is 2.29. The van der Waals surface area contributed by atoms with Crippen LogP contribution in [0.25, 0.3) is 0 Å². The molecule has 4 heteroatoms. The summed E-state index contributed by atoms with van der Waals surface area (Å²) in [6, 6.07) is 9.77. The minimum absolute atomic E-state index is 0.00526. The van der Waals surface area contributed by atoms with Gasteiger partial charge in [0, 0.05) is 11.5 Å². The van der Waals surface area contributed by atoms with Gasteiger partial charge in [-0.2, -0.15) is 0 Å². The van der Waals surface area contributed by atoms with E-state index in [9.17, 15) is 9.59 Å². The van der Waals surface area contributed by atoms with Crippen molar-refractivity contribution in [2.24, 2.45) is 5.41 Å². The Kier molecular flexibility index (Phi) is 7.03. The molecule has 25 heavy (non-hydrogen) atoms. The van der Waals surface area contributed by atoms with Crippen molar-refractivity contribution in [2.75, 3.05) is 0 Å². The first-order valence-electron chi connectivity index (χ1n) is 9.57. The molecule has 1 aliphatic carbocycles. The first-order valence-corrected chi connectivity index (χ1v) is 9.57. The van der Waals surface area contributed by atoms with Crippen molar-refractivity contribution < 1.29 is 9.59 Å². The Morgan fingerprint density at radius 2 is 1.76 bits per heavy atom. The second-order valence-corrected chi connectivity index (χ2v) is 7.78. The van der Waals surface area contributed by atoms with Crippen molar-refractivity contribution in [3.8, 4) is 0 Å². The molecule has 1 unspecified atom stereocenters. The fourth-order valence-corrected chi connectivity index (χ4v) is 3.17. The molecule has 0 bridgehead atoms. The fraction of sp³-hybridized carbons (Fsp3) is 0.619. The van der Waals surface area contributed by atoms with Gasteiger partial charge in [0.2, 0.25) is 11.8 Å². The van der Waals surface area contributed by atoms with Gasteiger partial charge in [-0.05, 0) is 24.8 Å². The SMILES string of the molecule is CCC(C)(C)C(=O)NC(CC(=O)NC1CCCCC1)c1ccccc1. The summed E-state index contributed by atoms with van der Waals surface area (Å²) < 4.78 is 0. The van der Waals surface area contributed by atoms with E-state index in [0.717, 1.165) is 24.8 Å². The third-order valence-electron chi connectivity index (χ3n) is 5.37. The van der Waals surface area contributed by atoms with Gasteiger partial charge in [0.15, 0.2) is 0 Å². The number of benzene rings is 1. The molecule has 0 heterocycles.